The number of nitrogens with zero attached hydrogens (tertiary/aromatic N) is 3. The molecule has 2 aromatic carbocycles. The highest BCUT2D eigenvalue weighted by Gasteiger charge is 2.23. The van der Waals surface area contributed by atoms with Crippen LogP contribution in [0.2, 0.25) is 0 Å². The van der Waals surface area contributed by atoms with Gasteiger partial charge in [0.1, 0.15) is 23.7 Å². The highest BCUT2D eigenvalue weighted by atomic mass is 16.5. The number of nitrogens with one attached hydrogen (secondary N) is 1. The molecule has 0 radical (unpaired) electrons. The molecule has 1 aliphatic carbocycles. The Bertz CT molecular complexity index is 1570. The van der Waals surface area contributed by atoms with Crippen molar-refractivity contribution in [1.82, 2.24) is 14.5 Å². The van der Waals surface area contributed by atoms with Gasteiger partial charge < -0.3 is 18.8 Å². The van der Waals surface area contributed by atoms with Gasteiger partial charge in [-0.05, 0) is 54.7 Å². The zero-order valence-electron chi connectivity index (χ0n) is 24.0. The highest BCUT2D eigenvalue weighted by molar-refractivity contribution is 6.06. The van der Waals surface area contributed by atoms with Crippen LogP contribution in [0.25, 0.3) is 22.2 Å². The van der Waals surface area contributed by atoms with E-state index >= 15 is 0 Å². The van der Waals surface area contributed by atoms with Crippen molar-refractivity contribution in [2.75, 3.05) is 26.6 Å². The van der Waals surface area contributed by atoms with Crippen LogP contribution >= 0.6 is 0 Å². The van der Waals surface area contributed by atoms with Gasteiger partial charge in [-0.1, -0.05) is 50.3 Å². The van der Waals surface area contributed by atoms with Crippen LogP contribution in [0.5, 0.6) is 11.5 Å². The highest BCUT2D eigenvalue weighted by Crippen LogP contribution is 2.38. The lowest BCUT2D eigenvalue weighted by Crippen LogP contribution is -2.21. The largest absolute Gasteiger partial charge is 0.496 e. The molecule has 1 N–H and O–H groups in total. The lowest BCUT2D eigenvalue weighted by atomic mass is 9.84. The Morgan fingerprint density at radius 1 is 1.00 bits per heavy atom. The molecule has 214 valence electrons. The molecule has 1 amide bonds. The van der Waals surface area contributed by atoms with Gasteiger partial charge in [0.25, 0.3) is 5.91 Å². The molecule has 2 aromatic heterocycles. The number of rotatable bonds is 9. The second-order valence-electron chi connectivity index (χ2n) is 10.5. The zero-order valence-corrected chi connectivity index (χ0v) is 24.0. The number of hydrogen-bond acceptors (Lipinski definition) is 7. The van der Waals surface area contributed by atoms with Crippen molar-refractivity contribution < 1.29 is 23.8 Å². The third-order valence-electron chi connectivity index (χ3n) is 7.85. The minimum Gasteiger partial charge on any atom is -0.496 e. The van der Waals surface area contributed by atoms with Crippen molar-refractivity contribution in [2.45, 2.75) is 52.0 Å². The van der Waals surface area contributed by atoms with Crippen LogP contribution in [0, 0.1) is 12.8 Å². The van der Waals surface area contributed by atoms with E-state index in [-0.39, 0.29) is 12.5 Å². The van der Waals surface area contributed by atoms with Gasteiger partial charge in [0.15, 0.2) is 0 Å². The van der Waals surface area contributed by atoms with E-state index in [1.54, 1.807) is 24.9 Å². The topological polar surface area (TPSA) is 105 Å². The van der Waals surface area contributed by atoms with E-state index in [1.165, 1.54) is 39.2 Å². The van der Waals surface area contributed by atoms with Crippen LogP contribution < -0.4 is 14.8 Å². The first-order valence-electron chi connectivity index (χ1n) is 14.0. The monoisotopic (exact) mass is 556 g/mol. The quantitative estimate of drug-likeness (QED) is 0.253. The van der Waals surface area contributed by atoms with Gasteiger partial charge in [0.05, 0.1) is 27.0 Å². The Kier molecular flexibility index (Phi) is 8.52. The molecule has 9 heteroatoms. The lowest BCUT2D eigenvalue weighted by Gasteiger charge is -2.23. The minimum atomic E-state index is -0.452. The van der Waals surface area contributed by atoms with Crippen molar-refractivity contribution in [2.24, 2.45) is 5.92 Å². The number of amides is 1. The predicted octanol–water partition coefficient (Wildman–Crippen LogP) is 5.97. The second kappa shape index (κ2) is 12.4. The summed E-state index contributed by atoms with van der Waals surface area (Å²) in [6, 6.07) is 13.1. The second-order valence-corrected chi connectivity index (χ2v) is 10.5. The summed E-state index contributed by atoms with van der Waals surface area (Å²) in [5.41, 5.74) is 4.48. The van der Waals surface area contributed by atoms with E-state index in [9.17, 15) is 9.59 Å². The smallest absolute Gasteiger partial charge is 0.325 e. The Balaban J connectivity index is 1.54. The minimum absolute atomic E-state index is 0.0977. The first-order valence-corrected chi connectivity index (χ1v) is 14.0. The molecule has 1 fully saturated rings. The normalized spacial score (nSPS) is 13.7. The van der Waals surface area contributed by atoms with Gasteiger partial charge in [-0.25, -0.2) is 9.97 Å². The molecule has 1 aliphatic rings. The fourth-order valence-corrected chi connectivity index (χ4v) is 5.72. The van der Waals surface area contributed by atoms with E-state index < -0.39 is 11.9 Å². The van der Waals surface area contributed by atoms with Crippen LogP contribution in [0.3, 0.4) is 0 Å². The lowest BCUT2D eigenvalue weighted by molar-refractivity contribution is -0.141. The summed E-state index contributed by atoms with van der Waals surface area (Å²) in [6.07, 6.45) is 8.75. The molecule has 9 nitrogen and oxygen atoms in total. The van der Waals surface area contributed by atoms with Gasteiger partial charge in [-0.15, -0.1) is 0 Å². The molecule has 1 saturated carbocycles. The zero-order chi connectivity index (χ0) is 28.9. The number of aromatic nitrogens is 3. The van der Waals surface area contributed by atoms with E-state index in [0.717, 1.165) is 39.8 Å². The Morgan fingerprint density at radius 2 is 1.76 bits per heavy atom. The maximum Gasteiger partial charge on any atom is 0.325 e. The maximum absolute atomic E-state index is 13.6. The van der Waals surface area contributed by atoms with Crippen molar-refractivity contribution in [1.29, 1.82) is 0 Å². The molecule has 0 spiro atoms. The molecule has 41 heavy (non-hydrogen) atoms. The molecule has 0 unspecified atom stereocenters. The molecule has 0 aliphatic heterocycles. The molecule has 5 rings (SSSR count). The molecular weight excluding hydrogens is 520 g/mol. The van der Waals surface area contributed by atoms with E-state index in [2.05, 4.69) is 10.3 Å². The summed E-state index contributed by atoms with van der Waals surface area (Å²) in [7, 11) is 4.60. The van der Waals surface area contributed by atoms with Gasteiger partial charge in [0, 0.05) is 22.7 Å². The fourth-order valence-electron chi connectivity index (χ4n) is 5.72. The summed E-state index contributed by atoms with van der Waals surface area (Å²) in [6.45, 7) is 1.87. The maximum atomic E-state index is 13.6. The first kappa shape index (κ1) is 28.1. The summed E-state index contributed by atoms with van der Waals surface area (Å²) in [5, 5.41) is 3.70. The number of ether oxygens (including phenoxy) is 3. The van der Waals surface area contributed by atoms with E-state index in [4.69, 9.17) is 19.2 Å². The number of anilines is 1. The van der Waals surface area contributed by atoms with E-state index in [1.807, 2.05) is 49.5 Å². The van der Waals surface area contributed by atoms with Crippen LogP contribution in [-0.4, -0.2) is 47.7 Å². The molecule has 2 heterocycles. The number of carbonyl (C=O) groups excluding carboxylic acids is 2. The number of esters is 1. The average Bonchev–Trinajstić information content (AvgIpc) is 3.36. The number of aryl methyl sites for hydroxylation is 1. The van der Waals surface area contributed by atoms with E-state index in [0.29, 0.717) is 23.1 Å². The van der Waals surface area contributed by atoms with Crippen molar-refractivity contribution >= 4 is 28.7 Å². The molecule has 0 bridgehead atoms. The van der Waals surface area contributed by atoms with Crippen molar-refractivity contribution in [3.8, 4) is 22.8 Å². The van der Waals surface area contributed by atoms with Gasteiger partial charge >= 0.3 is 5.97 Å². The third kappa shape index (κ3) is 6.04. The SMILES string of the molecule is COC(=O)Cn1c(C(=O)Nc2ncc(CC3CCCCC3)c(-c3cc(OC)c(C)cc3OC)n2)cc2ccccc21. The van der Waals surface area contributed by atoms with Crippen LogP contribution in [0.15, 0.2) is 48.7 Å². The number of para-hydroxylation sites is 1. The summed E-state index contributed by atoms with van der Waals surface area (Å²) in [5.74, 6) is 1.23. The average molecular weight is 557 g/mol. The number of fused-ring (bicyclic) bond motifs is 1. The van der Waals surface area contributed by atoms with Gasteiger partial charge in [-0.3, -0.25) is 14.9 Å². The van der Waals surface area contributed by atoms with Crippen LogP contribution in [-0.2, 0) is 22.5 Å². The summed E-state index contributed by atoms with van der Waals surface area (Å²) < 4.78 is 17.9. The molecule has 4 aromatic rings. The number of carbonyl (C=O) groups is 2. The Hall–Kier alpha value is -4.40. The van der Waals surface area contributed by atoms with Gasteiger partial charge in [0.2, 0.25) is 5.95 Å². The van der Waals surface area contributed by atoms with Gasteiger partial charge in [-0.2, -0.15) is 0 Å². The summed E-state index contributed by atoms with van der Waals surface area (Å²) >= 11 is 0. The first-order chi connectivity index (χ1) is 19.9. The summed E-state index contributed by atoms with van der Waals surface area (Å²) in [4.78, 5) is 35.2. The molecule has 0 saturated heterocycles. The fraction of sp³-hybridized carbons (Fsp3) is 0.375. The number of hydrogen-bond donors (Lipinski definition) is 1. The third-order valence-corrected chi connectivity index (χ3v) is 7.85. The number of methoxy groups -OCH3 is 3. The molecule has 0 atom stereocenters. The molecular formula is C32H36N4O5. The van der Waals surface area contributed by atoms with Crippen LogP contribution in [0.1, 0.15) is 53.7 Å². The number of benzene rings is 2. The Labute approximate surface area is 239 Å². The van der Waals surface area contributed by atoms with Crippen molar-refractivity contribution in [3.05, 3.63) is 65.5 Å². The standard InChI is InChI=1S/C32H36N4O5/c1-20-14-28(40-3)24(17-27(20)39-2)30-23(15-21-10-6-5-7-11-21)18-33-32(34-30)35-31(38)26-16-22-12-8-9-13-25(22)36(26)19-29(37)41-4/h8-9,12-14,16-18,21H,5-7,10-11,15,19H2,1-4H3,(H,33,34,35,38). The van der Waals surface area contributed by atoms with Crippen LogP contribution in [0.4, 0.5) is 5.95 Å². The Morgan fingerprint density at radius 3 is 2.49 bits per heavy atom. The predicted molar refractivity (Wildman–Crippen MR) is 157 cm³/mol. The van der Waals surface area contributed by atoms with Crippen molar-refractivity contribution in [3.63, 3.8) is 0 Å².